The molecule has 0 heterocycles. The van der Waals surface area contributed by atoms with Crippen LogP contribution in [0.25, 0.3) is 0 Å². The Morgan fingerprint density at radius 3 is 1.20 bits per heavy atom. The molecule has 2 rings (SSSR count). The Labute approximate surface area is 148 Å². The Bertz CT molecular complexity index is 565. The molecule has 0 unspecified atom stereocenters. The third kappa shape index (κ3) is 7.87. The maximum atomic E-state index is 8.78. The second-order valence-corrected chi connectivity index (χ2v) is 5.20. The maximum absolute atomic E-state index is 8.78. The quantitative estimate of drug-likeness (QED) is 0.666. The van der Waals surface area contributed by atoms with Crippen molar-refractivity contribution < 1.29 is 19.8 Å². The van der Waals surface area contributed by atoms with Crippen LogP contribution in [0.3, 0.4) is 0 Å². The number of carboxylic acid groups (broad SMARTS) is 2. The SMILES string of the molecule is CCC(CC)(c1ccccc1)c1ccccc1.NC(=O)O.NC(=O)O. The van der Waals surface area contributed by atoms with Crippen molar-refractivity contribution in [2.45, 2.75) is 32.1 Å². The van der Waals surface area contributed by atoms with Gasteiger partial charge in [-0.3, -0.25) is 0 Å². The second kappa shape index (κ2) is 11.5. The minimum absolute atomic E-state index is 0.169. The molecule has 0 aliphatic heterocycles. The highest BCUT2D eigenvalue weighted by Gasteiger charge is 2.29. The number of hydrogen-bond donors (Lipinski definition) is 4. The number of primary amides is 2. The molecular formula is C19H26N2O4. The molecule has 2 aromatic carbocycles. The standard InChI is InChI=1S/C17H20.2CH3NO2/c1-3-17(4-2,15-11-7-5-8-12-15)16-13-9-6-10-14-16;2*2-1(3)4/h5-14H,3-4H2,1-2H3;2*2H2,(H,3,4). The van der Waals surface area contributed by atoms with Crippen molar-refractivity contribution in [2.75, 3.05) is 0 Å². The van der Waals surface area contributed by atoms with Crippen molar-refractivity contribution in [3.8, 4) is 0 Å². The highest BCUT2D eigenvalue weighted by atomic mass is 16.4. The lowest BCUT2D eigenvalue weighted by Gasteiger charge is -2.33. The molecule has 0 radical (unpaired) electrons. The fourth-order valence-corrected chi connectivity index (χ4v) is 2.75. The summed E-state index contributed by atoms with van der Waals surface area (Å²) in [5.74, 6) is 0. The molecule has 6 nitrogen and oxygen atoms in total. The van der Waals surface area contributed by atoms with Crippen LogP contribution in [-0.2, 0) is 5.41 Å². The number of hydrogen-bond acceptors (Lipinski definition) is 2. The summed E-state index contributed by atoms with van der Waals surface area (Å²) in [6.07, 6.45) is -0.394. The Balaban J connectivity index is 0.000000609. The molecule has 0 saturated heterocycles. The van der Waals surface area contributed by atoms with Gasteiger partial charge < -0.3 is 21.7 Å². The predicted molar refractivity (Wildman–Crippen MR) is 98.7 cm³/mol. The Morgan fingerprint density at radius 2 is 1.00 bits per heavy atom. The summed E-state index contributed by atoms with van der Waals surface area (Å²) in [6, 6.07) is 21.7. The molecule has 0 spiro atoms. The molecule has 6 N–H and O–H groups in total. The highest BCUT2D eigenvalue weighted by molar-refractivity contribution is 5.61. The first-order valence-corrected chi connectivity index (χ1v) is 7.88. The van der Waals surface area contributed by atoms with Crippen LogP contribution in [0.5, 0.6) is 0 Å². The van der Waals surface area contributed by atoms with Crippen molar-refractivity contribution in [3.63, 3.8) is 0 Å². The number of benzene rings is 2. The van der Waals surface area contributed by atoms with Crippen LogP contribution < -0.4 is 11.5 Å². The summed E-state index contributed by atoms with van der Waals surface area (Å²) in [4.78, 5) is 17.6. The fourth-order valence-electron chi connectivity index (χ4n) is 2.75. The van der Waals surface area contributed by atoms with E-state index in [4.69, 9.17) is 19.8 Å². The van der Waals surface area contributed by atoms with Gasteiger partial charge in [0.25, 0.3) is 0 Å². The van der Waals surface area contributed by atoms with Crippen LogP contribution in [0.2, 0.25) is 0 Å². The van der Waals surface area contributed by atoms with Gasteiger partial charge in [0.2, 0.25) is 0 Å². The number of rotatable bonds is 4. The monoisotopic (exact) mass is 346 g/mol. The largest absolute Gasteiger partial charge is 0.465 e. The molecule has 2 amide bonds. The van der Waals surface area contributed by atoms with Gasteiger partial charge in [-0.15, -0.1) is 0 Å². The van der Waals surface area contributed by atoms with Gasteiger partial charge >= 0.3 is 12.2 Å². The molecule has 25 heavy (non-hydrogen) atoms. The Hall–Kier alpha value is -3.02. The van der Waals surface area contributed by atoms with E-state index < -0.39 is 12.2 Å². The lowest BCUT2D eigenvalue weighted by atomic mass is 9.71. The zero-order valence-electron chi connectivity index (χ0n) is 14.6. The number of nitrogens with two attached hydrogens (primary N) is 2. The lowest BCUT2D eigenvalue weighted by Crippen LogP contribution is -2.25. The highest BCUT2D eigenvalue weighted by Crippen LogP contribution is 2.38. The molecule has 0 fully saturated rings. The topological polar surface area (TPSA) is 127 Å². The minimum Gasteiger partial charge on any atom is -0.465 e. The van der Waals surface area contributed by atoms with Gasteiger partial charge in [0.15, 0.2) is 0 Å². The van der Waals surface area contributed by atoms with E-state index in [1.54, 1.807) is 0 Å². The molecule has 0 bridgehead atoms. The summed E-state index contributed by atoms with van der Waals surface area (Å²) >= 11 is 0. The Kier molecular flexibility index (Phi) is 10.1. The van der Waals surface area contributed by atoms with Crippen molar-refractivity contribution in [3.05, 3.63) is 71.8 Å². The van der Waals surface area contributed by atoms with Crippen LogP contribution in [-0.4, -0.2) is 22.4 Å². The molecule has 0 aliphatic carbocycles. The normalized spacial score (nSPS) is 9.68. The van der Waals surface area contributed by atoms with Gasteiger partial charge in [0.05, 0.1) is 0 Å². The van der Waals surface area contributed by atoms with Crippen molar-refractivity contribution in [2.24, 2.45) is 11.5 Å². The van der Waals surface area contributed by atoms with E-state index in [2.05, 4.69) is 86.0 Å². The van der Waals surface area contributed by atoms with Crippen LogP contribution in [0.15, 0.2) is 60.7 Å². The maximum Gasteiger partial charge on any atom is 0.402 e. The van der Waals surface area contributed by atoms with Crippen molar-refractivity contribution >= 4 is 12.2 Å². The summed E-state index contributed by atoms with van der Waals surface area (Å²) in [5.41, 5.74) is 11.1. The first kappa shape index (κ1) is 22.0. The van der Waals surface area contributed by atoms with E-state index in [1.807, 2.05) is 0 Å². The van der Waals surface area contributed by atoms with E-state index in [0.717, 1.165) is 12.8 Å². The summed E-state index contributed by atoms with van der Waals surface area (Å²) in [7, 11) is 0. The predicted octanol–water partition coefficient (Wildman–Crippen LogP) is 4.04. The van der Waals surface area contributed by atoms with E-state index in [0.29, 0.717) is 0 Å². The zero-order valence-corrected chi connectivity index (χ0v) is 14.6. The average molecular weight is 346 g/mol. The van der Waals surface area contributed by atoms with Crippen LogP contribution in [0.4, 0.5) is 9.59 Å². The van der Waals surface area contributed by atoms with Gasteiger partial charge in [0.1, 0.15) is 0 Å². The van der Waals surface area contributed by atoms with E-state index in [9.17, 15) is 0 Å². The van der Waals surface area contributed by atoms with Gasteiger partial charge in [-0.25, -0.2) is 9.59 Å². The number of amides is 2. The van der Waals surface area contributed by atoms with E-state index >= 15 is 0 Å². The molecule has 0 aromatic heterocycles. The van der Waals surface area contributed by atoms with Crippen molar-refractivity contribution in [1.29, 1.82) is 0 Å². The number of carbonyl (C=O) groups is 2. The molecule has 6 heteroatoms. The zero-order chi connectivity index (χ0) is 19.3. The van der Waals surface area contributed by atoms with Gasteiger partial charge in [-0.2, -0.15) is 0 Å². The molecular weight excluding hydrogens is 320 g/mol. The molecule has 0 atom stereocenters. The summed E-state index contributed by atoms with van der Waals surface area (Å²) in [5, 5.41) is 14.4. The van der Waals surface area contributed by atoms with Crippen molar-refractivity contribution in [1.82, 2.24) is 0 Å². The van der Waals surface area contributed by atoms with E-state index in [1.165, 1.54) is 11.1 Å². The van der Waals surface area contributed by atoms with Crippen LogP contribution in [0.1, 0.15) is 37.8 Å². The van der Waals surface area contributed by atoms with Gasteiger partial charge in [-0.05, 0) is 24.0 Å². The van der Waals surface area contributed by atoms with E-state index in [-0.39, 0.29) is 5.41 Å². The average Bonchev–Trinajstić information content (AvgIpc) is 2.58. The van der Waals surface area contributed by atoms with Crippen LogP contribution in [0, 0.1) is 0 Å². The molecule has 2 aromatic rings. The molecule has 0 aliphatic rings. The third-order valence-electron chi connectivity index (χ3n) is 3.86. The third-order valence-corrected chi connectivity index (χ3v) is 3.86. The second-order valence-electron chi connectivity index (χ2n) is 5.20. The molecule has 136 valence electrons. The van der Waals surface area contributed by atoms with Crippen LogP contribution >= 0.6 is 0 Å². The van der Waals surface area contributed by atoms with Gasteiger partial charge in [-0.1, -0.05) is 74.5 Å². The lowest BCUT2D eigenvalue weighted by molar-refractivity contribution is 0.204. The minimum atomic E-state index is -1.33. The fraction of sp³-hybridized carbons (Fsp3) is 0.263. The van der Waals surface area contributed by atoms with Gasteiger partial charge in [0, 0.05) is 5.41 Å². The summed E-state index contributed by atoms with van der Waals surface area (Å²) < 4.78 is 0. The summed E-state index contributed by atoms with van der Waals surface area (Å²) in [6.45, 7) is 4.56. The first-order valence-electron chi connectivity index (χ1n) is 7.88. The Morgan fingerprint density at radius 1 is 0.760 bits per heavy atom. The molecule has 0 saturated carbocycles. The first-order chi connectivity index (χ1) is 11.8. The smallest absolute Gasteiger partial charge is 0.402 e.